The number of nitrogens with zero attached hydrogens (tertiary/aromatic N) is 2. The molecule has 2 N–H and O–H groups in total. The number of rotatable bonds is 6. The van der Waals surface area contributed by atoms with Crippen molar-refractivity contribution in [1.29, 1.82) is 0 Å². The fraction of sp³-hybridized carbons (Fsp3) is 0.143. The number of carbonyl (C=O) groups excluding carboxylic acids is 2. The van der Waals surface area contributed by atoms with E-state index in [9.17, 15) is 9.59 Å². The molecule has 7 heteroatoms. The minimum absolute atomic E-state index is 0.202. The minimum Gasteiger partial charge on any atom is -0.465 e. The van der Waals surface area contributed by atoms with E-state index < -0.39 is 5.97 Å². The lowest BCUT2D eigenvalue weighted by Gasteiger charge is -2.11. The largest absolute Gasteiger partial charge is 0.465 e. The predicted molar refractivity (Wildman–Crippen MR) is 107 cm³/mol. The molecule has 0 aliphatic heterocycles. The Balaban J connectivity index is 1.81. The molecule has 142 valence electrons. The second kappa shape index (κ2) is 8.77. The van der Waals surface area contributed by atoms with Crippen LogP contribution in [0, 0.1) is 0 Å². The van der Waals surface area contributed by atoms with Gasteiger partial charge in [-0.2, -0.15) is 0 Å². The van der Waals surface area contributed by atoms with Crippen molar-refractivity contribution in [3.05, 3.63) is 77.6 Å². The van der Waals surface area contributed by atoms with Crippen molar-refractivity contribution in [3.8, 4) is 0 Å². The van der Waals surface area contributed by atoms with Crippen molar-refractivity contribution in [3.63, 3.8) is 0 Å². The van der Waals surface area contributed by atoms with Crippen LogP contribution in [0.25, 0.3) is 0 Å². The normalized spacial score (nSPS) is 10.2. The summed E-state index contributed by atoms with van der Waals surface area (Å²) in [5.41, 5.74) is 2.83. The second-order valence-electron chi connectivity index (χ2n) is 5.89. The molecular formula is C21H20N4O3. The third-order valence-corrected chi connectivity index (χ3v) is 4.11. The van der Waals surface area contributed by atoms with Crippen LogP contribution in [0.1, 0.15) is 33.3 Å². The molecule has 1 heterocycles. The van der Waals surface area contributed by atoms with Crippen molar-refractivity contribution in [2.45, 2.75) is 13.3 Å². The quantitative estimate of drug-likeness (QED) is 0.635. The zero-order valence-electron chi connectivity index (χ0n) is 15.6. The molecule has 28 heavy (non-hydrogen) atoms. The van der Waals surface area contributed by atoms with Crippen LogP contribution in [0.2, 0.25) is 0 Å². The highest BCUT2D eigenvalue weighted by atomic mass is 16.5. The Morgan fingerprint density at radius 2 is 1.71 bits per heavy atom. The van der Waals surface area contributed by atoms with E-state index in [-0.39, 0.29) is 17.5 Å². The number of anilines is 3. The topological polar surface area (TPSA) is 93.2 Å². The fourth-order valence-corrected chi connectivity index (χ4v) is 2.68. The first kappa shape index (κ1) is 19.0. The number of esters is 1. The molecule has 3 aromatic rings. The summed E-state index contributed by atoms with van der Waals surface area (Å²) in [6.07, 6.45) is 2.29. The van der Waals surface area contributed by atoms with E-state index in [0.717, 1.165) is 17.7 Å². The number of carbonyl (C=O) groups is 2. The summed E-state index contributed by atoms with van der Waals surface area (Å²) >= 11 is 0. The zero-order valence-corrected chi connectivity index (χ0v) is 15.6. The lowest BCUT2D eigenvalue weighted by molar-refractivity contribution is 0.0601. The Labute approximate surface area is 162 Å². The molecule has 0 aliphatic rings. The van der Waals surface area contributed by atoms with Gasteiger partial charge in [0.1, 0.15) is 5.69 Å². The van der Waals surface area contributed by atoms with Crippen LogP contribution < -0.4 is 10.6 Å². The van der Waals surface area contributed by atoms with Crippen LogP contribution >= 0.6 is 0 Å². The SMILES string of the molecule is CCc1ccccc1NC(=O)c1ccnc(Nc2ccccc2C(=O)OC)n1. The minimum atomic E-state index is -0.479. The highest BCUT2D eigenvalue weighted by Gasteiger charge is 2.14. The maximum atomic E-state index is 12.6. The summed E-state index contributed by atoms with van der Waals surface area (Å²) in [5, 5.41) is 5.84. The van der Waals surface area contributed by atoms with Crippen LogP contribution in [-0.4, -0.2) is 29.0 Å². The maximum Gasteiger partial charge on any atom is 0.339 e. The molecule has 1 amide bonds. The van der Waals surface area contributed by atoms with Crippen LogP contribution in [0.5, 0.6) is 0 Å². The van der Waals surface area contributed by atoms with E-state index in [1.165, 1.54) is 19.4 Å². The first-order valence-corrected chi connectivity index (χ1v) is 8.79. The van der Waals surface area contributed by atoms with Gasteiger partial charge in [-0.15, -0.1) is 0 Å². The number of amides is 1. The van der Waals surface area contributed by atoms with Gasteiger partial charge in [-0.25, -0.2) is 14.8 Å². The highest BCUT2D eigenvalue weighted by Crippen LogP contribution is 2.20. The third-order valence-electron chi connectivity index (χ3n) is 4.11. The Bertz CT molecular complexity index is 1000. The molecule has 2 aromatic carbocycles. The van der Waals surface area contributed by atoms with Crippen molar-refractivity contribution in [2.24, 2.45) is 0 Å². The molecule has 0 saturated carbocycles. The molecule has 0 bridgehead atoms. The summed E-state index contributed by atoms with van der Waals surface area (Å²) in [5.74, 6) is -0.617. The summed E-state index contributed by atoms with van der Waals surface area (Å²) < 4.78 is 4.78. The molecule has 7 nitrogen and oxygen atoms in total. The van der Waals surface area contributed by atoms with E-state index in [4.69, 9.17) is 4.74 Å². The number of nitrogens with one attached hydrogen (secondary N) is 2. The molecule has 1 aromatic heterocycles. The van der Waals surface area contributed by atoms with Gasteiger partial charge >= 0.3 is 5.97 Å². The molecule has 3 rings (SSSR count). The highest BCUT2D eigenvalue weighted by molar-refractivity contribution is 6.03. The van der Waals surface area contributed by atoms with Gasteiger partial charge in [0.15, 0.2) is 0 Å². The number of hydrogen-bond donors (Lipinski definition) is 2. The number of aryl methyl sites for hydroxylation is 1. The lowest BCUT2D eigenvalue weighted by atomic mass is 10.1. The standard InChI is InChI=1S/C21H20N4O3/c1-3-14-8-4-6-10-16(14)23-19(26)18-12-13-22-21(25-18)24-17-11-7-5-9-15(17)20(27)28-2/h4-13H,3H2,1-2H3,(H,23,26)(H,22,24,25). The Morgan fingerprint density at radius 1 is 1.00 bits per heavy atom. The Hall–Kier alpha value is -3.74. The first-order chi connectivity index (χ1) is 13.6. The summed E-state index contributed by atoms with van der Waals surface area (Å²) in [7, 11) is 1.31. The summed E-state index contributed by atoms with van der Waals surface area (Å²) in [6, 6.07) is 16.0. The van der Waals surface area contributed by atoms with E-state index in [1.54, 1.807) is 24.3 Å². The summed E-state index contributed by atoms with van der Waals surface area (Å²) in [4.78, 5) is 32.9. The number of methoxy groups -OCH3 is 1. The van der Waals surface area contributed by atoms with Gasteiger partial charge < -0.3 is 15.4 Å². The van der Waals surface area contributed by atoms with Crippen LogP contribution in [0.15, 0.2) is 60.8 Å². The van der Waals surface area contributed by atoms with E-state index >= 15 is 0 Å². The number of para-hydroxylation sites is 2. The molecule has 0 aliphatic carbocycles. The number of hydrogen-bond acceptors (Lipinski definition) is 6. The molecule has 0 unspecified atom stereocenters. The maximum absolute atomic E-state index is 12.6. The number of aromatic nitrogens is 2. The van der Waals surface area contributed by atoms with Gasteiger partial charge in [-0.05, 0) is 36.2 Å². The van der Waals surface area contributed by atoms with Crippen LogP contribution in [0.4, 0.5) is 17.3 Å². The third kappa shape index (κ3) is 4.32. The first-order valence-electron chi connectivity index (χ1n) is 8.79. The molecule has 0 spiro atoms. The van der Waals surface area contributed by atoms with Crippen molar-refractivity contribution in [1.82, 2.24) is 9.97 Å². The van der Waals surface area contributed by atoms with Crippen molar-refractivity contribution < 1.29 is 14.3 Å². The van der Waals surface area contributed by atoms with Crippen molar-refractivity contribution in [2.75, 3.05) is 17.7 Å². The van der Waals surface area contributed by atoms with Gasteiger partial charge in [0.05, 0.1) is 18.4 Å². The lowest BCUT2D eigenvalue weighted by Crippen LogP contribution is -2.16. The van der Waals surface area contributed by atoms with E-state index in [2.05, 4.69) is 20.6 Å². The van der Waals surface area contributed by atoms with Gasteiger partial charge in [0, 0.05) is 11.9 Å². The van der Waals surface area contributed by atoms with Crippen LogP contribution in [0.3, 0.4) is 0 Å². The molecule has 0 saturated heterocycles. The Morgan fingerprint density at radius 3 is 2.46 bits per heavy atom. The zero-order chi connectivity index (χ0) is 19.9. The fourth-order valence-electron chi connectivity index (χ4n) is 2.68. The van der Waals surface area contributed by atoms with E-state index in [0.29, 0.717) is 11.3 Å². The van der Waals surface area contributed by atoms with Crippen LogP contribution in [-0.2, 0) is 11.2 Å². The van der Waals surface area contributed by atoms with Gasteiger partial charge in [-0.1, -0.05) is 37.3 Å². The second-order valence-corrected chi connectivity index (χ2v) is 5.89. The smallest absolute Gasteiger partial charge is 0.339 e. The van der Waals surface area contributed by atoms with Gasteiger partial charge in [0.2, 0.25) is 5.95 Å². The van der Waals surface area contributed by atoms with Crippen molar-refractivity contribution >= 4 is 29.2 Å². The molecule has 0 fully saturated rings. The van der Waals surface area contributed by atoms with Gasteiger partial charge in [0.25, 0.3) is 5.91 Å². The number of benzene rings is 2. The van der Waals surface area contributed by atoms with Gasteiger partial charge in [-0.3, -0.25) is 4.79 Å². The molecule has 0 atom stereocenters. The predicted octanol–water partition coefficient (Wildman–Crippen LogP) is 3.82. The average Bonchev–Trinajstić information content (AvgIpc) is 2.74. The number of ether oxygens (including phenoxy) is 1. The summed E-state index contributed by atoms with van der Waals surface area (Å²) in [6.45, 7) is 2.02. The average molecular weight is 376 g/mol. The molecule has 0 radical (unpaired) electrons. The Kier molecular flexibility index (Phi) is 5.96. The van der Waals surface area contributed by atoms with E-state index in [1.807, 2.05) is 31.2 Å². The molecular weight excluding hydrogens is 356 g/mol. The monoisotopic (exact) mass is 376 g/mol.